The van der Waals surface area contributed by atoms with E-state index >= 15 is 0 Å². The quantitative estimate of drug-likeness (QED) is 0.795. The number of hydrogen-bond donors (Lipinski definition) is 1. The number of amides is 1. The van der Waals surface area contributed by atoms with Gasteiger partial charge in [-0.1, -0.05) is 5.16 Å². The van der Waals surface area contributed by atoms with Crippen molar-refractivity contribution in [3.8, 4) is 0 Å². The lowest BCUT2D eigenvalue weighted by Crippen LogP contribution is -2.37. The molecule has 0 aromatic carbocycles. The van der Waals surface area contributed by atoms with Gasteiger partial charge in [-0.3, -0.25) is 9.59 Å². The van der Waals surface area contributed by atoms with Gasteiger partial charge in [-0.15, -0.1) is 0 Å². The molecule has 0 bridgehead atoms. The first-order chi connectivity index (χ1) is 8.61. The van der Waals surface area contributed by atoms with E-state index in [0.717, 1.165) is 12.8 Å². The fourth-order valence-electron chi connectivity index (χ4n) is 1.67. The smallest absolute Gasteiger partial charge is 0.323 e. The van der Waals surface area contributed by atoms with Gasteiger partial charge in [0.1, 0.15) is 13.2 Å². The Bertz CT molecular complexity index is 452. The molecule has 0 aliphatic heterocycles. The third kappa shape index (κ3) is 2.86. The molecule has 1 aromatic heterocycles. The molecular weight excluding hydrogens is 240 g/mol. The van der Waals surface area contributed by atoms with Gasteiger partial charge in [-0.25, -0.2) is 0 Å². The average Bonchev–Trinajstić information content (AvgIpc) is 3.06. The number of aromatic nitrogens is 1. The van der Waals surface area contributed by atoms with Crippen LogP contribution in [-0.4, -0.2) is 46.7 Å². The zero-order valence-electron chi connectivity index (χ0n) is 9.96. The molecule has 2 rings (SSSR count). The molecule has 0 spiro atoms. The van der Waals surface area contributed by atoms with Crippen LogP contribution >= 0.6 is 0 Å². The minimum Gasteiger partial charge on any atom is -0.480 e. The van der Waals surface area contributed by atoms with Crippen molar-refractivity contribution in [1.29, 1.82) is 0 Å². The highest BCUT2D eigenvalue weighted by molar-refractivity contribution is 5.94. The van der Waals surface area contributed by atoms with Crippen molar-refractivity contribution in [3.05, 3.63) is 17.5 Å². The number of nitrogens with zero attached hydrogens (tertiary/aromatic N) is 2. The number of carboxylic acids is 1. The van der Waals surface area contributed by atoms with Crippen molar-refractivity contribution < 1.29 is 24.0 Å². The molecule has 1 amide bonds. The topological polar surface area (TPSA) is 92.9 Å². The van der Waals surface area contributed by atoms with E-state index in [2.05, 4.69) is 5.16 Å². The van der Waals surface area contributed by atoms with E-state index in [1.807, 2.05) is 0 Å². The van der Waals surface area contributed by atoms with Crippen LogP contribution in [0.5, 0.6) is 0 Å². The number of carboxylic acid groups (broad SMARTS) is 1. The highest BCUT2D eigenvalue weighted by Gasteiger charge is 2.35. The SMILES string of the molecule is COCc1cc(C(=O)N(CC(=O)O)C2CC2)no1. The molecule has 1 aromatic rings. The molecule has 18 heavy (non-hydrogen) atoms. The molecule has 1 aliphatic carbocycles. The third-order valence-electron chi connectivity index (χ3n) is 2.62. The average molecular weight is 254 g/mol. The van der Waals surface area contributed by atoms with Crippen molar-refractivity contribution in [3.63, 3.8) is 0 Å². The summed E-state index contributed by atoms with van der Waals surface area (Å²) in [6, 6.07) is 1.49. The molecule has 1 heterocycles. The van der Waals surface area contributed by atoms with Gasteiger partial charge in [0.25, 0.3) is 5.91 Å². The van der Waals surface area contributed by atoms with Crippen LogP contribution in [0.15, 0.2) is 10.6 Å². The lowest BCUT2D eigenvalue weighted by atomic mass is 10.3. The van der Waals surface area contributed by atoms with Crippen LogP contribution in [0.1, 0.15) is 29.1 Å². The van der Waals surface area contributed by atoms with E-state index in [4.69, 9.17) is 14.4 Å². The fourth-order valence-corrected chi connectivity index (χ4v) is 1.67. The normalized spacial score (nSPS) is 14.5. The number of rotatable bonds is 6. The Balaban J connectivity index is 2.09. The largest absolute Gasteiger partial charge is 0.480 e. The van der Waals surface area contributed by atoms with E-state index < -0.39 is 11.9 Å². The second kappa shape index (κ2) is 5.18. The summed E-state index contributed by atoms with van der Waals surface area (Å²) in [5.74, 6) is -1.01. The minimum absolute atomic E-state index is 0.0103. The van der Waals surface area contributed by atoms with Crippen molar-refractivity contribution in [2.75, 3.05) is 13.7 Å². The van der Waals surface area contributed by atoms with Crippen LogP contribution in [0.3, 0.4) is 0 Å². The standard InChI is InChI=1S/C11H14N2O5/c1-17-6-8-4-9(12-18-8)11(16)13(5-10(14)15)7-2-3-7/h4,7H,2-3,5-6H2,1H3,(H,14,15). The molecule has 7 heteroatoms. The molecular formula is C11H14N2O5. The van der Waals surface area contributed by atoms with Crippen molar-refractivity contribution in [2.24, 2.45) is 0 Å². The van der Waals surface area contributed by atoms with Gasteiger partial charge in [0.05, 0.1) is 0 Å². The molecule has 98 valence electrons. The summed E-state index contributed by atoms with van der Waals surface area (Å²) in [4.78, 5) is 24.1. The molecule has 0 radical (unpaired) electrons. The zero-order valence-corrected chi connectivity index (χ0v) is 9.96. The van der Waals surface area contributed by atoms with E-state index in [-0.39, 0.29) is 24.9 Å². The fraction of sp³-hybridized carbons (Fsp3) is 0.545. The Kier molecular flexibility index (Phi) is 3.61. The molecule has 1 saturated carbocycles. The molecule has 0 unspecified atom stereocenters. The maximum absolute atomic E-state index is 12.1. The monoisotopic (exact) mass is 254 g/mol. The van der Waals surface area contributed by atoms with Gasteiger partial charge in [0.2, 0.25) is 0 Å². The lowest BCUT2D eigenvalue weighted by molar-refractivity contribution is -0.137. The zero-order chi connectivity index (χ0) is 13.1. The first-order valence-corrected chi connectivity index (χ1v) is 5.59. The summed E-state index contributed by atoms with van der Waals surface area (Å²) in [6.45, 7) is -0.0847. The molecule has 7 nitrogen and oxygen atoms in total. The van der Waals surface area contributed by atoms with Crippen molar-refractivity contribution in [1.82, 2.24) is 10.1 Å². The van der Waals surface area contributed by atoms with Crippen LogP contribution < -0.4 is 0 Å². The number of aliphatic carboxylic acids is 1. The van der Waals surface area contributed by atoms with Crippen LogP contribution in [0, 0.1) is 0 Å². The molecule has 1 N–H and O–H groups in total. The maximum Gasteiger partial charge on any atom is 0.323 e. The van der Waals surface area contributed by atoms with Gasteiger partial charge >= 0.3 is 5.97 Å². The lowest BCUT2D eigenvalue weighted by Gasteiger charge is -2.18. The van der Waals surface area contributed by atoms with Crippen LogP contribution in [0.2, 0.25) is 0 Å². The molecule has 1 aliphatic rings. The highest BCUT2D eigenvalue weighted by Crippen LogP contribution is 2.28. The first-order valence-electron chi connectivity index (χ1n) is 5.59. The second-order valence-corrected chi connectivity index (χ2v) is 4.17. The summed E-state index contributed by atoms with van der Waals surface area (Å²) in [5.41, 5.74) is 0.121. The summed E-state index contributed by atoms with van der Waals surface area (Å²) in [6.07, 6.45) is 1.67. The number of methoxy groups -OCH3 is 1. The van der Waals surface area contributed by atoms with Crippen LogP contribution in [0.4, 0.5) is 0 Å². The van der Waals surface area contributed by atoms with Gasteiger partial charge in [-0.2, -0.15) is 0 Å². The summed E-state index contributed by atoms with van der Waals surface area (Å²) in [7, 11) is 1.50. The van der Waals surface area contributed by atoms with Gasteiger partial charge in [0, 0.05) is 19.2 Å². The number of carbonyl (C=O) groups is 2. The van der Waals surface area contributed by atoms with Crippen LogP contribution in [-0.2, 0) is 16.1 Å². The molecule has 0 atom stereocenters. The first kappa shape index (κ1) is 12.6. The molecule has 0 saturated heterocycles. The van der Waals surface area contributed by atoms with Crippen molar-refractivity contribution in [2.45, 2.75) is 25.5 Å². The Labute approximate surface area is 103 Å². The van der Waals surface area contributed by atoms with E-state index in [0.29, 0.717) is 5.76 Å². The Morgan fingerprint density at radius 1 is 1.61 bits per heavy atom. The predicted octanol–water partition coefficient (Wildman–Crippen LogP) is 0.510. The predicted molar refractivity (Wildman–Crippen MR) is 58.9 cm³/mol. The Morgan fingerprint density at radius 3 is 2.89 bits per heavy atom. The van der Waals surface area contributed by atoms with E-state index in [1.54, 1.807) is 0 Å². The summed E-state index contributed by atoms with van der Waals surface area (Å²) < 4.78 is 9.76. The summed E-state index contributed by atoms with van der Waals surface area (Å²) >= 11 is 0. The maximum atomic E-state index is 12.1. The van der Waals surface area contributed by atoms with E-state index in [1.165, 1.54) is 18.1 Å². The number of hydrogen-bond acceptors (Lipinski definition) is 5. The van der Waals surface area contributed by atoms with Crippen LogP contribution in [0.25, 0.3) is 0 Å². The van der Waals surface area contributed by atoms with Gasteiger partial charge in [-0.05, 0) is 12.8 Å². The number of carbonyl (C=O) groups excluding carboxylic acids is 1. The number of ether oxygens (including phenoxy) is 1. The van der Waals surface area contributed by atoms with E-state index in [9.17, 15) is 9.59 Å². The Hall–Kier alpha value is -1.89. The third-order valence-corrected chi connectivity index (χ3v) is 2.62. The summed E-state index contributed by atoms with van der Waals surface area (Å²) in [5, 5.41) is 12.4. The van der Waals surface area contributed by atoms with Gasteiger partial charge in [0.15, 0.2) is 11.5 Å². The van der Waals surface area contributed by atoms with Gasteiger partial charge < -0.3 is 19.3 Å². The highest BCUT2D eigenvalue weighted by atomic mass is 16.5. The second-order valence-electron chi connectivity index (χ2n) is 4.17. The minimum atomic E-state index is -1.03. The Morgan fingerprint density at radius 2 is 2.33 bits per heavy atom. The van der Waals surface area contributed by atoms with Crippen molar-refractivity contribution >= 4 is 11.9 Å². The molecule has 1 fully saturated rings.